The van der Waals surface area contributed by atoms with Crippen LogP contribution in [0.4, 0.5) is 0 Å². The minimum atomic E-state index is -0.473. The molecule has 100 valence electrons. The zero-order valence-corrected chi connectivity index (χ0v) is 11.7. The van der Waals surface area contributed by atoms with Crippen LogP contribution in [-0.2, 0) is 4.79 Å². The van der Waals surface area contributed by atoms with Crippen LogP contribution in [0.2, 0.25) is 0 Å². The van der Waals surface area contributed by atoms with E-state index < -0.39 is 6.10 Å². The molecule has 1 unspecified atom stereocenters. The van der Waals surface area contributed by atoms with Crippen LogP contribution >= 0.6 is 0 Å². The number of carbonyl (C=O) groups is 1. The number of aryl methyl sites for hydroxylation is 2. The molecule has 3 heteroatoms. The van der Waals surface area contributed by atoms with Gasteiger partial charge in [-0.2, -0.15) is 0 Å². The van der Waals surface area contributed by atoms with Gasteiger partial charge in [-0.15, -0.1) is 0 Å². The first-order chi connectivity index (χ1) is 8.41. The number of amides is 1. The average Bonchev–Trinajstić information content (AvgIpc) is 2.32. The van der Waals surface area contributed by atoms with Crippen molar-refractivity contribution in [3.63, 3.8) is 0 Å². The van der Waals surface area contributed by atoms with Gasteiger partial charge in [0.15, 0.2) is 0 Å². The Bertz CT molecular complexity index is 413. The van der Waals surface area contributed by atoms with Gasteiger partial charge < -0.3 is 10.0 Å². The lowest BCUT2D eigenvalue weighted by molar-refractivity contribution is -0.128. The third-order valence-corrected chi connectivity index (χ3v) is 3.28. The third kappa shape index (κ3) is 4.15. The Hall–Kier alpha value is -1.35. The highest BCUT2D eigenvalue weighted by Gasteiger charge is 2.10. The molecule has 1 aromatic rings. The van der Waals surface area contributed by atoms with E-state index in [1.807, 2.05) is 25.1 Å². The molecule has 3 nitrogen and oxygen atoms in total. The Labute approximate surface area is 109 Å². The molecule has 0 bridgehead atoms. The van der Waals surface area contributed by atoms with Crippen molar-refractivity contribution in [1.29, 1.82) is 0 Å². The number of carbonyl (C=O) groups excluding carboxylic acids is 1. The Morgan fingerprint density at radius 1 is 1.28 bits per heavy atom. The molecule has 1 rings (SSSR count). The van der Waals surface area contributed by atoms with Crippen molar-refractivity contribution in [1.82, 2.24) is 4.90 Å². The lowest BCUT2D eigenvalue weighted by Crippen LogP contribution is -2.21. The molecule has 0 radical (unpaired) electrons. The van der Waals surface area contributed by atoms with E-state index in [0.29, 0.717) is 19.3 Å². The molecule has 0 heterocycles. The number of aliphatic hydroxyl groups is 1. The summed E-state index contributed by atoms with van der Waals surface area (Å²) in [5.41, 5.74) is 3.36. The van der Waals surface area contributed by atoms with Crippen LogP contribution in [0, 0.1) is 13.8 Å². The van der Waals surface area contributed by atoms with Crippen molar-refractivity contribution in [3.05, 3.63) is 34.9 Å². The van der Waals surface area contributed by atoms with Gasteiger partial charge in [-0.3, -0.25) is 4.79 Å². The summed E-state index contributed by atoms with van der Waals surface area (Å²) in [7, 11) is 3.50. The first kappa shape index (κ1) is 14.7. The van der Waals surface area contributed by atoms with Gasteiger partial charge in [0.05, 0.1) is 6.10 Å². The molecular weight excluding hydrogens is 226 g/mol. The second kappa shape index (κ2) is 6.55. The maximum atomic E-state index is 11.4. The van der Waals surface area contributed by atoms with E-state index in [-0.39, 0.29) is 5.91 Å². The quantitative estimate of drug-likeness (QED) is 0.871. The van der Waals surface area contributed by atoms with Gasteiger partial charge in [0.25, 0.3) is 0 Å². The van der Waals surface area contributed by atoms with Crippen LogP contribution in [0.1, 0.15) is 42.1 Å². The summed E-state index contributed by atoms with van der Waals surface area (Å²) < 4.78 is 0. The van der Waals surface area contributed by atoms with Crippen LogP contribution in [-0.4, -0.2) is 30.0 Å². The predicted molar refractivity (Wildman–Crippen MR) is 73.4 cm³/mol. The highest BCUT2D eigenvalue weighted by Crippen LogP contribution is 2.21. The minimum absolute atomic E-state index is 0.113. The number of nitrogens with zero attached hydrogens (tertiary/aromatic N) is 1. The molecule has 0 aliphatic rings. The molecule has 0 aliphatic carbocycles. The molecule has 1 aromatic carbocycles. The molecule has 0 aromatic heterocycles. The van der Waals surface area contributed by atoms with Gasteiger partial charge in [0.1, 0.15) is 0 Å². The molecule has 0 saturated carbocycles. The number of rotatable bonds is 5. The summed E-state index contributed by atoms with van der Waals surface area (Å²) in [4.78, 5) is 13.0. The highest BCUT2D eigenvalue weighted by molar-refractivity contribution is 5.75. The monoisotopic (exact) mass is 249 g/mol. The first-order valence-electron chi connectivity index (χ1n) is 6.37. The molecular formula is C15H23NO2. The fraction of sp³-hybridized carbons (Fsp3) is 0.533. The van der Waals surface area contributed by atoms with Crippen molar-refractivity contribution in [3.8, 4) is 0 Å². The maximum absolute atomic E-state index is 11.4. The summed E-state index contributed by atoms with van der Waals surface area (Å²) in [5, 5.41) is 10.1. The topological polar surface area (TPSA) is 40.5 Å². The van der Waals surface area contributed by atoms with Crippen molar-refractivity contribution >= 4 is 5.91 Å². The smallest absolute Gasteiger partial charge is 0.222 e. The normalized spacial score (nSPS) is 12.3. The summed E-state index contributed by atoms with van der Waals surface area (Å²) in [5.74, 6) is 0.113. The van der Waals surface area contributed by atoms with Crippen molar-refractivity contribution in [2.24, 2.45) is 0 Å². The first-order valence-corrected chi connectivity index (χ1v) is 6.37. The van der Waals surface area contributed by atoms with Gasteiger partial charge in [-0.05, 0) is 43.4 Å². The van der Waals surface area contributed by atoms with E-state index >= 15 is 0 Å². The van der Waals surface area contributed by atoms with E-state index in [9.17, 15) is 9.90 Å². The molecule has 1 atom stereocenters. The summed E-state index contributed by atoms with van der Waals surface area (Å²) in [6, 6.07) is 6.01. The van der Waals surface area contributed by atoms with Gasteiger partial charge >= 0.3 is 0 Å². The van der Waals surface area contributed by atoms with Gasteiger partial charge in [0, 0.05) is 20.5 Å². The molecule has 0 fully saturated rings. The van der Waals surface area contributed by atoms with Crippen LogP contribution < -0.4 is 0 Å². The molecule has 1 N–H and O–H groups in total. The Morgan fingerprint density at radius 3 is 2.50 bits per heavy atom. The van der Waals surface area contributed by atoms with E-state index in [1.165, 1.54) is 11.1 Å². The average molecular weight is 249 g/mol. The fourth-order valence-corrected chi connectivity index (χ4v) is 1.81. The number of aliphatic hydroxyl groups excluding tert-OH is 1. The van der Waals surface area contributed by atoms with Crippen molar-refractivity contribution in [2.75, 3.05) is 14.1 Å². The Kier molecular flexibility index (Phi) is 5.35. The highest BCUT2D eigenvalue weighted by atomic mass is 16.3. The van der Waals surface area contributed by atoms with E-state index in [2.05, 4.69) is 6.92 Å². The second-order valence-electron chi connectivity index (χ2n) is 5.04. The Morgan fingerprint density at radius 2 is 1.94 bits per heavy atom. The van der Waals surface area contributed by atoms with Crippen molar-refractivity contribution < 1.29 is 9.90 Å². The zero-order chi connectivity index (χ0) is 13.7. The lowest BCUT2D eigenvalue weighted by Gasteiger charge is -2.14. The fourth-order valence-electron chi connectivity index (χ4n) is 1.81. The largest absolute Gasteiger partial charge is 0.388 e. The van der Waals surface area contributed by atoms with E-state index in [0.717, 1.165) is 5.56 Å². The number of benzene rings is 1. The maximum Gasteiger partial charge on any atom is 0.222 e. The third-order valence-electron chi connectivity index (χ3n) is 3.28. The summed E-state index contributed by atoms with van der Waals surface area (Å²) in [6.45, 7) is 4.10. The van der Waals surface area contributed by atoms with Crippen molar-refractivity contribution in [2.45, 2.75) is 39.2 Å². The van der Waals surface area contributed by atoms with Crippen LogP contribution in [0.15, 0.2) is 18.2 Å². The second-order valence-corrected chi connectivity index (χ2v) is 5.04. The molecule has 18 heavy (non-hydrogen) atoms. The lowest BCUT2D eigenvalue weighted by atomic mass is 9.99. The minimum Gasteiger partial charge on any atom is -0.388 e. The van der Waals surface area contributed by atoms with E-state index in [4.69, 9.17) is 0 Å². The standard InChI is InChI=1S/C15H23NO2/c1-11-8-9-13(10-12(11)2)14(17)6-5-7-15(18)16(3)4/h8-10,14,17H,5-7H2,1-4H3. The van der Waals surface area contributed by atoms with Gasteiger partial charge in [0.2, 0.25) is 5.91 Å². The van der Waals surface area contributed by atoms with E-state index in [1.54, 1.807) is 19.0 Å². The molecule has 0 spiro atoms. The number of hydrogen-bond acceptors (Lipinski definition) is 2. The SMILES string of the molecule is Cc1ccc(C(O)CCCC(=O)N(C)C)cc1C. The van der Waals surface area contributed by atoms with Crippen LogP contribution in [0.5, 0.6) is 0 Å². The zero-order valence-electron chi connectivity index (χ0n) is 11.7. The van der Waals surface area contributed by atoms with Gasteiger partial charge in [-0.1, -0.05) is 18.2 Å². The predicted octanol–water partition coefficient (Wildman–Crippen LogP) is 2.60. The summed E-state index contributed by atoms with van der Waals surface area (Å²) >= 11 is 0. The molecule has 1 amide bonds. The molecule has 0 aliphatic heterocycles. The molecule has 0 saturated heterocycles. The van der Waals surface area contributed by atoms with Gasteiger partial charge in [-0.25, -0.2) is 0 Å². The summed E-state index contributed by atoms with van der Waals surface area (Å²) in [6.07, 6.45) is 1.36. The number of hydrogen-bond donors (Lipinski definition) is 1. The van der Waals surface area contributed by atoms with Crippen LogP contribution in [0.25, 0.3) is 0 Å². The Balaban J connectivity index is 2.48. The van der Waals surface area contributed by atoms with Crippen LogP contribution in [0.3, 0.4) is 0 Å².